The Bertz CT molecular complexity index is 464. The first-order valence-electron chi connectivity index (χ1n) is 6.70. The van der Waals surface area contributed by atoms with Crippen molar-refractivity contribution < 1.29 is 4.74 Å². The number of ether oxygens (including phenoxy) is 1. The minimum absolute atomic E-state index is 0.172. The third-order valence-electron chi connectivity index (χ3n) is 3.75. The molecule has 3 atom stereocenters. The highest BCUT2D eigenvalue weighted by Crippen LogP contribution is 2.44. The molecule has 98 valence electrons. The smallest absolute Gasteiger partial charge is 0.0898 e. The lowest BCUT2D eigenvalue weighted by Crippen LogP contribution is -2.07. The van der Waals surface area contributed by atoms with Crippen molar-refractivity contribution >= 4 is 15.9 Å². The van der Waals surface area contributed by atoms with Crippen LogP contribution in [0.25, 0.3) is 0 Å². The zero-order valence-corrected chi connectivity index (χ0v) is 12.3. The molecule has 1 saturated heterocycles. The molecule has 0 spiro atoms. The minimum Gasteiger partial charge on any atom is -0.369 e. The van der Waals surface area contributed by atoms with Crippen LogP contribution in [0.5, 0.6) is 0 Å². The lowest BCUT2D eigenvalue weighted by Gasteiger charge is -2.19. The average molecular weight is 317 g/mol. The molecule has 0 saturated carbocycles. The maximum absolute atomic E-state index is 6.22. The van der Waals surface area contributed by atoms with Gasteiger partial charge in [0.1, 0.15) is 0 Å². The molecule has 1 heterocycles. The second-order valence-electron chi connectivity index (χ2n) is 5.00. The summed E-state index contributed by atoms with van der Waals surface area (Å²) in [5, 5.41) is 0.902. The van der Waals surface area contributed by atoms with Crippen molar-refractivity contribution in [1.29, 1.82) is 0 Å². The molecule has 1 fully saturated rings. The van der Waals surface area contributed by atoms with Crippen LogP contribution in [0.1, 0.15) is 29.6 Å². The molecular weight excluding hydrogens is 300 g/mol. The predicted octanol–water partition coefficient (Wildman–Crippen LogP) is 4.70. The summed E-state index contributed by atoms with van der Waals surface area (Å²) in [5.74, 6) is 0.450. The van der Waals surface area contributed by atoms with E-state index in [0.29, 0.717) is 12.0 Å². The van der Waals surface area contributed by atoms with Crippen molar-refractivity contribution in [3.05, 3.63) is 71.8 Å². The quantitative estimate of drug-likeness (QED) is 0.746. The van der Waals surface area contributed by atoms with Crippen LogP contribution in [0.4, 0.5) is 0 Å². The Hall–Kier alpha value is -1.12. The zero-order valence-electron chi connectivity index (χ0n) is 10.7. The molecule has 2 aromatic carbocycles. The molecule has 0 unspecified atom stereocenters. The van der Waals surface area contributed by atoms with Crippen LogP contribution in [0.3, 0.4) is 0 Å². The van der Waals surface area contributed by atoms with Gasteiger partial charge in [0.25, 0.3) is 0 Å². The van der Waals surface area contributed by atoms with Crippen molar-refractivity contribution in [3.63, 3.8) is 0 Å². The van der Waals surface area contributed by atoms with E-state index < -0.39 is 0 Å². The van der Waals surface area contributed by atoms with Gasteiger partial charge < -0.3 is 4.74 Å². The van der Waals surface area contributed by atoms with Gasteiger partial charge in [-0.25, -0.2) is 0 Å². The summed E-state index contributed by atoms with van der Waals surface area (Å²) >= 11 is 3.55. The number of alkyl halides is 1. The molecule has 2 heteroatoms. The highest BCUT2D eigenvalue weighted by atomic mass is 79.9. The van der Waals surface area contributed by atoms with Crippen molar-refractivity contribution in [2.75, 3.05) is 5.33 Å². The topological polar surface area (TPSA) is 9.23 Å². The van der Waals surface area contributed by atoms with Crippen molar-refractivity contribution in [1.82, 2.24) is 0 Å². The van der Waals surface area contributed by atoms with Crippen LogP contribution >= 0.6 is 15.9 Å². The monoisotopic (exact) mass is 316 g/mol. The van der Waals surface area contributed by atoms with Crippen LogP contribution in [-0.2, 0) is 4.74 Å². The third kappa shape index (κ3) is 2.75. The fourth-order valence-corrected chi connectivity index (χ4v) is 3.25. The summed E-state index contributed by atoms with van der Waals surface area (Å²) < 4.78 is 6.22. The van der Waals surface area contributed by atoms with Gasteiger partial charge in [-0.15, -0.1) is 0 Å². The number of hydrogen-bond donors (Lipinski definition) is 0. The van der Waals surface area contributed by atoms with Crippen LogP contribution in [0.15, 0.2) is 60.7 Å². The van der Waals surface area contributed by atoms with Gasteiger partial charge in [0.05, 0.1) is 12.2 Å². The summed E-state index contributed by atoms with van der Waals surface area (Å²) in [6, 6.07) is 21.3. The molecule has 0 aliphatic carbocycles. The van der Waals surface area contributed by atoms with Crippen LogP contribution in [0, 0.1) is 0 Å². The Kier molecular flexibility index (Phi) is 4.00. The number of benzene rings is 2. The summed E-state index contributed by atoms with van der Waals surface area (Å²) in [5.41, 5.74) is 2.65. The van der Waals surface area contributed by atoms with Gasteiger partial charge >= 0.3 is 0 Å². The second-order valence-corrected chi connectivity index (χ2v) is 5.64. The maximum atomic E-state index is 6.22. The molecular formula is C17H17BrO. The molecule has 0 N–H and O–H groups in total. The Morgan fingerprint density at radius 2 is 1.47 bits per heavy atom. The van der Waals surface area contributed by atoms with Gasteiger partial charge in [0.15, 0.2) is 0 Å². The number of halogens is 1. The van der Waals surface area contributed by atoms with E-state index in [4.69, 9.17) is 4.74 Å². The fourth-order valence-electron chi connectivity index (χ4n) is 2.83. The van der Waals surface area contributed by atoms with E-state index in [1.807, 2.05) is 0 Å². The van der Waals surface area contributed by atoms with Gasteiger partial charge in [-0.05, 0) is 17.5 Å². The number of rotatable bonds is 3. The normalized spacial score (nSPS) is 26.5. The molecule has 1 aliphatic rings. The van der Waals surface area contributed by atoms with Gasteiger partial charge in [-0.3, -0.25) is 0 Å². The number of hydrogen-bond acceptors (Lipinski definition) is 1. The summed E-state index contributed by atoms with van der Waals surface area (Å²) in [6.45, 7) is 0. The summed E-state index contributed by atoms with van der Waals surface area (Å²) in [6.07, 6.45) is 1.55. The summed E-state index contributed by atoms with van der Waals surface area (Å²) in [7, 11) is 0. The molecule has 0 amide bonds. The Morgan fingerprint density at radius 1 is 0.895 bits per heavy atom. The SMILES string of the molecule is BrC[C@@H]1C[C@@H](c2ccccc2)[C@H](c2ccccc2)O1. The molecule has 0 radical (unpaired) electrons. The Morgan fingerprint density at radius 3 is 2.05 bits per heavy atom. The van der Waals surface area contributed by atoms with E-state index in [1.165, 1.54) is 11.1 Å². The first-order chi connectivity index (χ1) is 9.38. The molecule has 0 bridgehead atoms. The lowest BCUT2D eigenvalue weighted by molar-refractivity contribution is 0.0542. The van der Waals surface area contributed by atoms with Gasteiger partial charge in [-0.2, -0.15) is 0 Å². The average Bonchev–Trinajstić information content (AvgIpc) is 2.93. The predicted molar refractivity (Wildman–Crippen MR) is 81.7 cm³/mol. The first kappa shape index (κ1) is 12.9. The molecule has 3 rings (SSSR count). The largest absolute Gasteiger partial charge is 0.369 e. The van der Waals surface area contributed by atoms with Crippen molar-refractivity contribution in [3.8, 4) is 0 Å². The Labute approximate surface area is 122 Å². The van der Waals surface area contributed by atoms with Crippen LogP contribution in [0.2, 0.25) is 0 Å². The van der Waals surface area contributed by atoms with Crippen molar-refractivity contribution in [2.45, 2.75) is 24.5 Å². The maximum Gasteiger partial charge on any atom is 0.0898 e. The Balaban J connectivity index is 1.92. The highest BCUT2D eigenvalue weighted by molar-refractivity contribution is 9.09. The second kappa shape index (κ2) is 5.89. The van der Waals surface area contributed by atoms with E-state index in [1.54, 1.807) is 0 Å². The molecule has 0 aromatic heterocycles. The first-order valence-corrected chi connectivity index (χ1v) is 7.82. The zero-order chi connectivity index (χ0) is 13.1. The fraction of sp³-hybridized carbons (Fsp3) is 0.294. The van der Waals surface area contributed by atoms with Crippen molar-refractivity contribution in [2.24, 2.45) is 0 Å². The minimum atomic E-state index is 0.172. The van der Waals surface area contributed by atoms with Crippen LogP contribution < -0.4 is 0 Å². The molecule has 1 aliphatic heterocycles. The molecule has 2 aromatic rings. The highest BCUT2D eigenvalue weighted by Gasteiger charge is 2.36. The van der Waals surface area contributed by atoms with E-state index in [0.717, 1.165) is 11.8 Å². The van der Waals surface area contributed by atoms with Gasteiger partial charge in [0.2, 0.25) is 0 Å². The van der Waals surface area contributed by atoms with E-state index in [2.05, 4.69) is 76.6 Å². The van der Waals surface area contributed by atoms with Crippen LogP contribution in [-0.4, -0.2) is 11.4 Å². The van der Waals surface area contributed by atoms with E-state index in [-0.39, 0.29) is 6.10 Å². The summed E-state index contributed by atoms with van der Waals surface area (Å²) in [4.78, 5) is 0. The van der Waals surface area contributed by atoms with E-state index >= 15 is 0 Å². The van der Waals surface area contributed by atoms with Gasteiger partial charge in [0, 0.05) is 11.2 Å². The van der Waals surface area contributed by atoms with E-state index in [9.17, 15) is 0 Å². The third-order valence-corrected chi connectivity index (χ3v) is 4.47. The molecule has 1 nitrogen and oxygen atoms in total. The standard InChI is InChI=1S/C17H17BrO/c18-12-15-11-16(13-7-3-1-4-8-13)17(19-15)14-9-5-2-6-10-14/h1-10,15-17H,11-12H2/t15-,16-,17-/m0/s1. The van der Waals surface area contributed by atoms with Gasteiger partial charge in [-0.1, -0.05) is 76.6 Å². The lowest BCUT2D eigenvalue weighted by atomic mass is 9.88. The molecule has 19 heavy (non-hydrogen) atoms.